The highest BCUT2D eigenvalue weighted by Gasteiger charge is 2.16. The molecule has 0 atom stereocenters. The average Bonchev–Trinajstić information content (AvgIpc) is 3.17. The summed E-state index contributed by atoms with van der Waals surface area (Å²) < 4.78 is 7.65. The van der Waals surface area contributed by atoms with E-state index in [1.54, 1.807) is 6.20 Å². The Morgan fingerprint density at radius 1 is 1.54 bits per heavy atom. The second kappa shape index (κ2) is 9.14. The molecule has 0 saturated heterocycles. The number of nitrogens with zero attached hydrogens (tertiary/aromatic N) is 2. The summed E-state index contributed by atoms with van der Waals surface area (Å²) in [4.78, 5) is 12.9. The number of thiocarbonyl (C=S) groups is 1. The third kappa shape index (κ3) is 5.29. The van der Waals surface area contributed by atoms with Crippen molar-refractivity contribution in [2.24, 2.45) is 0 Å². The van der Waals surface area contributed by atoms with Crippen molar-refractivity contribution in [3.05, 3.63) is 33.4 Å². The lowest BCUT2D eigenvalue weighted by atomic mass is 10.2. The highest BCUT2D eigenvalue weighted by Crippen LogP contribution is 2.29. The summed E-state index contributed by atoms with van der Waals surface area (Å²) in [5.74, 6) is -0.361. The minimum Gasteiger partial charge on any atom is -0.465 e. The van der Waals surface area contributed by atoms with Gasteiger partial charge in [-0.05, 0) is 47.1 Å². The van der Waals surface area contributed by atoms with Crippen LogP contribution in [-0.4, -0.2) is 34.5 Å². The van der Waals surface area contributed by atoms with Gasteiger partial charge in [-0.1, -0.05) is 6.92 Å². The van der Waals surface area contributed by atoms with Crippen molar-refractivity contribution in [1.82, 2.24) is 15.1 Å². The van der Waals surface area contributed by atoms with Crippen LogP contribution in [0.2, 0.25) is 0 Å². The van der Waals surface area contributed by atoms with Crippen LogP contribution in [0.3, 0.4) is 0 Å². The Bertz CT molecular complexity index is 714. The number of rotatable bonds is 7. The Balaban J connectivity index is 1.83. The molecule has 0 radical (unpaired) electrons. The summed E-state index contributed by atoms with van der Waals surface area (Å²) in [5.41, 5.74) is 0.518. The largest absolute Gasteiger partial charge is 0.465 e. The number of hydrogen-bond acceptors (Lipinski definition) is 5. The number of hydrogen-bond donors (Lipinski definition) is 2. The van der Waals surface area contributed by atoms with E-state index in [4.69, 9.17) is 17.0 Å². The summed E-state index contributed by atoms with van der Waals surface area (Å²) in [6.45, 7) is 3.55. The molecular formula is C15H19BrN4O2S2. The van der Waals surface area contributed by atoms with Crippen LogP contribution < -0.4 is 10.6 Å². The van der Waals surface area contributed by atoms with E-state index >= 15 is 0 Å². The van der Waals surface area contributed by atoms with E-state index in [0.29, 0.717) is 22.2 Å². The van der Waals surface area contributed by atoms with Gasteiger partial charge in [0, 0.05) is 24.2 Å². The lowest BCUT2D eigenvalue weighted by molar-refractivity contribution is 0.0602. The molecule has 2 heterocycles. The van der Waals surface area contributed by atoms with Gasteiger partial charge in [0.1, 0.15) is 5.00 Å². The molecule has 2 aromatic heterocycles. The Morgan fingerprint density at radius 3 is 2.96 bits per heavy atom. The Hall–Kier alpha value is -1.45. The predicted octanol–water partition coefficient (Wildman–Crippen LogP) is 3.43. The van der Waals surface area contributed by atoms with Crippen LogP contribution >= 0.6 is 39.5 Å². The molecule has 0 aliphatic heterocycles. The third-order valence-electron chi connectivity index (χ3n) is 3.22. The first-order chi connectivity index (χ1) is 11.5. The molecule has 0 saturated carbocycles. The number of methoxy groups -OCH3 is 1. The molecule has 9 heteroatoms. The van der Waals surface area contributed by atoms with Crippen molar-refractivity contribution in [2.75, 3.05) is 19.0 Å². The molecule has 0 aliphatic carbocycles. The highest BCUT2D eigenvalue weighted by molar-refractivity contribution is 9.10. The fourth-order valence-electron chi connectivity index (χ4n) is 2.02. The fourth-order valence-corrected chi connectivity index (χ4v) is 3.61. The Morgan fingerprint density at radius 2 is 2.33 bits per heavy atom. The van der Waals surface area contributed by atoms with Crippen LogP contribution in [0, 0.1) is 0 Å². The van der Waals surface area contributed by atoms with Crippen molar-refractivity contribution in [3.8, 4) is 0 Å². The quantitative estimate of drug-likeness (QED) is 0.398. The normalized spacial score (nSPS) is 10.5. The summed E-state index contributed by atoms with van der Waals surface area (Å²) >= 11 is 10.2. The van der Waals surface area contributed by atoms with Crippen molar-refractivity contribution >= 4 is 55.6 Å². The number of anilines is 1. The maximum atomic E-state index is 11.8. The van der Waals surface area contributed by atoms with E-state index in [-0.39, 0.29) is 5.97 Å². The molecule has 0 bridgehead atoms. The molecule has 0 amide bonds. The number of aromatic nitrogens is 2. The van der Waals surface area contributed by atoms with Gasteiger partial charge < -0.3 is 15.4 Å². The first kappa shape index (κ1) is 18.9. The second-order valence-electron chi connectivity index (χ2n) is 4.96. The van der Waals surface area contributed by atoms with Gasteiger partial charge in [-0.15, -0.1) is 11.3 Å². The van der Waals surface area contributed by atoms with E-state index in [0.717, 1.165) is 28.7 Å². The number of esters is 1. The minimum absolute atomic E-state index is 0.361. The van der Waals surface area contributed by atoms with E-state index in [2.05, 4.69) is 31.7 Å². The van der Waals surface area contributed by atoms with Crippen LogP contribution in [0.25, 0.3) is 0 Å². The van der Waals surface area contributed by atoms with Gasteiger partial charge in [-0.3, -0.25) is 4.68 Å². The first-order valence-corrected chi connectivity index (χ1v) is 9.49. The smallest absolute Gasteiger partial charge is 0.340 e. The number of carbonyl (C=O) groups is 1. The van der Waals surface area contributed by atoms with E-state index in [1.165, 1.54) is 18.4 Å². The molecule has 2 rings (SSSR count). The van der Waals surface area contributed by atoms with Crippen LogP contribution in [-0.2, 0) is 17.7 Å². The number of aryl methyl sites for hydroxylation is 2. The van der Waals surface area contributed by atoms with Gasteiger partial charge in [-0.25, -0.2) is 4.79 Å². The zero-order valence-corrected chi connectivity index (χ0v) is 16.7. The zero-order chi connectivity index (χ0) is 17.5. The molecule has 24 heavy (non-hydrogen) atoms. The molecule has 0 spiro atoms. The summed E-state index contributed by atoms with van der Waals surface area (Å²) in [6, 6.07) is 1.84. The van der Waals surface area contributed by atoms with Gasteiger partial charge in [0.05, 0.1) is 23.3 Å². The van der Waals surface area contributed by atoms with Gasteiger partial charge in [-0.2, -0.15) is 5.10 Å². The molecular weight excluding hydrogens is 412 g/mol. The highest BCUT2D eigenvalue weighted by atomic mass is 79.9. The van der Waals surface area contributed by atoms with Gasteiger partial charge >= 0.3 is 5.97 Å². The SMILES string of the molecule is CCc1cc(C(=O)OC)c(NC(=S)NCCCn2cc(Br)cn2)s1. The topological polar surface area (TPSA) is 68.2 Å². The molecule has 2 N–H and O–H groups in total. The zero-order valence-electron chi connectivity index (χ0n) is 13.5. The van der Waals surface area contributed by atoms with Crippen LogP contribution in [0.5, 0.6) is 0 Å². The average molecular weight is 431 g/mol. The fraction of sp³-hybridized carbons (Fsp3) is 0.400. The van der Waals surface area contributed by atoms with Crippen molar-refractivity contribution in [3.63, 3.8) is 0 Å². The molecule has 130 valence electrons. The van der Waals surface area contributed by atoms with Gasteiger partial charge in [0.15, 0.2) is 5.11 Å². The lowest BCUT2D eigenvalue weighted by Crippen LogP contribution is -2.30. The maximum absolute atomic E-state index is 11.8. The standard InChI is InChI=1S/C15H19BrN4O2S2/c1-3-11-7-12(14(21)22-2)13(24-11)19-15(23)17-5-4-6-20-9-10(16)8-18-20/h7-9H,3-6H2,1-2H3,(H2,17,19,23). The molecule has 0 aromatic carbocycles. The van der Waals surface area contributed by atoms with Crippen molar-refractivity contribution in [2.45, 2.75) is 26.3 Å². The molecule has 0 unspecified atom stereocenters. The van der Waals surface area contributed by atoms with Crippen molar-refractivity contribution < 1.29 is 9.53 Å². The maximum Gasteiger partial charge on any atom is 0.340 e. The Kier molecular flexibility index (Phi) is 7.19. The molecule has 0 fully saturated rings. The monoisotopic (exact) mass is 430 g/mol. The number of halogens is 1. The number of nitrogens with one attached hydrogen (secondary N) is 2. The predicted molar refractivity (Wildman–Crippen MR) is 104 cm³/mol. The minimum atomic E-state index is -0.361. The first-order valence-electron chi connectivity index (χ1n) is 7.47. The van der Waals surface area contributed by atoms with E-state index in [9.17, 15) is 4.79 Å². The molecule has 0 aliphatic rings. The lowest BCUT2D eigenvalue weighted by Gasteiger charge is -2.10. The summed E-state index contributed by atoms with van der Waals surface area (Å²) in [6.07, 6.45) is 5.42. The third-order valence-corrected chi connectivity index (χ3v) is 5.07. The molecule has 6 nitrogen and oxygen atoms in total. The number of ether oxygens (including phenoxy) is 1. The molecule has 2 aromatic rings. The van der Waals surface area contributed by atoms with Crippen LogP contribution in [0.15, 0.2) is 22.9 Å². The number of carbonyl (C=O) groups excluding carboxylic acids is 1. The number of thiophene rings is 1. The van der Waals surface area contributed by atoms with Crippen LogP contribution in [0.1, 0.15) is 28.6 Å². The Labute approximate surface area is 158 Å². The van der Waals surface area contributed by atoms with Crippen molar-refractivity contribution in [1.29, 1.82) is 0 Å². The summed E-state index contributed by atoms with van der Waals surface area (Å²) in [7, 11) is 1.37. The second-order valence-corrected chi connectivity index (χ2v) is 7.42. The van der Waals surface area contributed by atoms with E-state index in [1.807, 2.05) is 23.9 Å². The van der Waals surface area contributed by atoms with Gasteiger partial charge in [0.25, 0.3) is 0 Å². The summed E-state index contributed by atoms with van der Waals surface area (Å²) in [5, 5.41) is 11.6. The van der Waals surface area contributed by atoms with E-state index < -0.39 is 0 Å². The van der Waals surface area contributed by atoms with Gasteiger partial charge in [0.2, 0.25) is 0 Å². The van der Waals surface area contributed by atoms with Crippen LogP contribution in [0.4, 0.5) is 5.00 Å².